The highest BCUT2D eigenvalue weighted by Gasteiger charge is 2.05. The molecule has 0 amide bonds. The van der Waals surface area contributed by atoms with Crippen LogP contribution in [-0.2, 0) is 6.42 Å². The van der Waals surface area contributed by atoms with E-state index in [-0.39, 0.29) is 5.92 Å². The van der Waals surface area contributed by atoms with Crippen LogP contribution in [-0.4, -0.2) is 0 Å². The Labute approximate surface area is 132 Å². The highest BCUT2D eigenvalue weighted by molar-refractivity contribution is 5.29. The van der Waals surface area contributed by atoms with Crippen LogP contribution in [0.3, 0.4) is 0 Å². The Hall–Kier alpha value is -1.22. The molecule has 1 radical (unpaired) electrons. The molecule has 0 nitrogen and oxygen atoms in total. The molecule has 115 valence electrons. The Balaban J connectivity index is 2.17. The molecule has 0 aromatic heterocycles. The van der Waals surface area contributed by atoms with Crippen molar-refractivity contribution in [3.8, 4) is 5.92 Å². The van der Waals surface area contributed by atoms with E-state index in [4.69, 9.17) is 6.42 Å². The molecule has 0 saturated carbocycles. The molecule has 0 saturated heterocycles. The fourth-order valence-corrected chi connectivity index (χ4v) is 2.80. The molecule has 1 aromatic carbocycles. The standard InChI is InChI=1S/C21H31/c1-4-7-8-9-10-11-12-13-14-19-15-17-21(18-16-19)20(5-2)6-3/h15-18,20H,4-5,7-14H2,1-2H3. The van der Waals surface area contributed by atoms with Crippen LogP contribution in [0.4, 0.5) is 0 Å². The summed E-state index contributed by atoms with van der Waals surface area (Å²) in [4.78, 5) is 0. The van der Waals surface area contributed by atoms with Crippen LogP contribution in [0.1, 0.15) is 88.7 Å². The number of rotatable bonds is 11. The fraction of sp³-hybridized carbons (Fsp3) is 0.619. The molecule has 0 N–H and O–H groups in total. The molecule has 0 heterocycles. The van der Waals surface area contributed by atoms with Crippen LogP contribution < -0.4 is 0 Å². The molecule has 0 spiro atoms. The molecule has 0 heteroatoms. The van der Waals surface area contributed by atoms with Gasteiger partial charge in [0.1, 0.15) is 0 Å². The third-order valence-electron chi connectivity index (χ3n) is 4.28. The van der Waals surface area contributed by atoms with Gasteiger partial charge in [0, 0.05) is 5.92 Å². The first-order chi connectivity index (χ1) is 10.3. The van der Waals surface area contributed by atoms with E-state index in [1.54, 1.807) is 0 Å². The number of aryl methyl sites for hydroxylation is 1. The quantitative estimate of drug-likeness (QED) is 0.323. The van der Waals surface area contributed by atoms with Gasteiger partial charge in [0.05, 0.1) is 0 Å². The lowest BCUT2D eigenvalue weighted by Gasteiger charge is -2.09. The Kier molecular flexibility index (Phi) is 9.71. The maximum Gasteiger partial charge on any atom is 0.0459 e. The summed E-state index contributed by atoms with van der Waals surface area (Å²) < 4.78 is 0. The van der Waals surface area contributed by atoms with Gasteiger partial charge in [0.2, 0.25) is 0 Å². The van der Waals surface area contributed by atoms with E-state index in [1.807, 2.05) is 0 Å². The van der Waals surface area contributed by atoms with Crippen LogP contribution in [0.5, 0.6) is 0 Å². The Bertz CT molecular complexity index is 393. The van der Waals surface area contributed by atoms with Crippen molar-refractivity contribution in [2.24, 2.45) is 0 Å². The highest BCUT2D eigenvalue weighted by atomic mass is 14.1. The second kappa shape index (κ2) is 11.4. The van der Waals surface area contributed by atoms with Gasteiger partial charge in [-0.25, -0.2) is 0 Å². The molecule has 0 aliphatic carbocycles. The monoisotopic (exact) mass is 283 g/mol. The largest absolute Gasteiger partial charge is 0.0809 e. The second-order valence-corrected chi connectivity index (χ2v) is 6.07. The molecule has 1 aromatic rings. The molecule has 1 rings (SSSR count). The average molecular weight is 283 g/mol. The van der Waals surface area contributed by atoms with E-state index in [9.17, 15) is 0 Å². The fourth-order valence-electron chi connectivity index (χ4n) is 2.80. The number of hydrogen-bond acceptors (Lipinski definition) is 0. The van der Waals surface area contributed by atoms with Gasteiger partial charge in [-0.05, 0) is 36.8 Å². The van der Waals surface area contributed by atoms with Crippen molar-refractivity contribution in [1.29, 1.82) is 0 Å². The third-order valence-corrected chi connectivity index (χ3v) is 4.28. The summed E-state index contributed by atoms with van der Waals surface area (Å²) in [6.45, 7) is 4.38. The summed E-state index contributed by atoms with van der Waals surface area (Å²) in [5.41, 5.74) is 2.66. The lowest BCUT2D eigenvalue weighted by Crippen LogP contribution is -1.94. The first-order valence-corrected chi connectivity index (χ1v) is 8.82. The minimum Gasteiger partial charge on any atom is -0.0809 e. The van der Waals surface area contributed by atoms with Crippen LogP contribution in [0, 0.1) is 12.3 Å². The summed E-state index contributed by atoms with van der Waals surface area (Å²) in [6, 6.07) is 8.82. The number of hydrogen-bond donors (Lipinski definition) is 0. The van der Waals surface area contributed by atoms with E-state index in [0.717, 1.165) is 6.42 Å². The third kappa shape index (κ3) is 7.37. The SMILES string of the molecule is [C]#CC(CC)c1ccc(CCCCCCCCCC)cc1. The van der Waals surface area contributed by atoms with Crippen LogP contribution in [0.2, 0.25) is 0 Å². The van der Waals surface area contributed by atoms with Crippen LogP contribution in [0.25, 0.3) is 0 Å². The molecule has 1 atom stereocenters. The van der Waals surface area contributed by atoms with Crippen molar-refractivity contribution in [2.45, 2.75) is 84.0 Å². The molecule has 1 unspecified atom stereocenters. The predicted molar refractivity (Wildman–Crippen MR) is 92.9 cm³/mol. The average Bonchev–Trinajstić information content (AvgIpc) is 2.52. The van der Waals surface area contributed by atoms with E-state index in [0.29, 0.717) is 0 Å². The Morgan fingerprint density at radius 2 is 1.43 bits per heavy atom. The molecule has 0 bridgehead atoms. The first kappa shape index (κ1) is 17.8. The summed E-state index contributed by atoms with van der Waals surface area (Å²) >= 11 is 0. The summed E-state index contributed by atoms with van der Waals surface area (Å²) in [5, 5.41) is 0. The van der Waals surface area contributed by atoms with E-state index in [1.165, 1.54) is 68.9 Å². The zero-order valence-corrected chi connectivity index (χ0v) is 14.0. The smallest absolute Gasteiger partial charge is 0.0459 e. The van der Waals surface area contributed by atoms with Gasteiger partial charge in [0.15, 0.2) is 0 Å². The van der Waals surface area contributed by atoms with Crippen LogP contribution >= 0.6 is 0 Å². The molecule has 0 aliphatic heterocycles. The lowest BCUT2D eigenvalue weighted by molar-refractivity contribution is 0.575. The lowest BCUT2D eigenvalue weighted by atomic mass is 9.95. The maximum absolute atomic E-state index is 7.32. The van der Waals surface area contributed by atoms with Gasteiger partial charge in [0.25, 0.3) is 0 Å². The van der Waals surface area contributed by atoms with Gasteiger partial charge in [-0.2, -0.15) is 0 Å². The normalized spacial score (nSPS) is 12.0. The molecule has 0 aliphatic rings. The van der Waals surface area contributed by atoms with Crippen molar-refractivity contribution in [1.82, 2.24) is 0 Å². The van der Waals surface area contributed by atoms with Crippen molar-refractivity contribution < 1.29 is 0 Å². The molecular formula is C21H31. The minimum absolute atomic E-state index is 0.169. The van der Waals surface area contributed by atoms with Gasteiger partial charge < -0.3 is 0 Å². The topological polar surface area (TPSA) is 0 Å². The van der Waals surface area contributed by atoms with E-state index in [2.05, 4.69) is 44.0 Å². The van der Waals surface area contributed by atoms with Crippen molar-refractivity contribution in [3.05, 3.63) is 41.8 Å². The van der Waals surface area contributed by atoms with Crippen molar-refractivity contribution in [3.63, 3.8) is 0 Å². The summed E-state index contributed by atoms with van der Waals surface area (Å²) in [5.74, 6) is 2.79. The van der Waals surface area contributed by atoms with Crippen LogP contribution in [0.15, 0.2) is 24.3 Å². The first-order valence-electron chi connectivity index (χ1n) is 8.82. The Morgan fingerprint density at radius 3 is 1.95 bits per heavy atom. The number of benzene rings is 1. The molecule has 21 heavy (non-hydrogen) atoms. The second-order valence-electron chi connectivity index (χ2n) is 6.07. The van der Waals surface area contributed by atoms with Gasteiger partial charge in [-0.15, -0.1) is 0 Å². The van der Waals surface area contributed by atoms with E-state index < -0.39 is 0 Å². The Morgan fingerprint density at radius 1 is 0.857 bits per heavy atom. The zero-order valence-electron chi connectivity index (χ0n) is 14.0. The molecular weight excluding hydrogens is 252 g/mol. The van der Waals surface area contributed by atoms with Gasteiger partial charge in [-0.3, -0.25) is 0 Å². The van der Waals surface area contributed by atoms with Crippen molar-refractivity contribution in [2.75, 3.05) is 0 Å². The summed E-state index contributed by atoms with van der Waals surface area (Å²) in [7, 11) is 0. The highest BCUT2D eigenvalue weighted by Crippen LogP contribution is 2.19. The van der Waals surface area contributed by atoms with Crippen molar-refractivity contribution >= 4 is 0 Å². The van der Waals surface area contributed by atoms with E-state index >= 15 is 0 Å². The minimum atomic E-state index is 0.169. The number of unbranched alkanes of at least 4 members (excludes halogenated alkanes) is 7. The van der Waals surface area contributed by atoms with Gasteiger partial charge >= 0.3 is 0 Å². The predicted octanol–water partition coefficient (Wildman–Crippen LogP) is 6.45. The zero-order chi connectivity index (χ0) is 15.3. The summed E-state index contributed by atoms with van der Waals surface area (Å²) in [6.07, 6.45) is 20.5. The van der Waals surface area contributed by atoms with Gasteiger partial charge in [-0.1, -0.05) is 89.0 Å². The maximum atomic E-state index is 7.32. The molecule has 0 fully saturated rings.